The normalized spacial score (nSPS) is 23.0. The SMILES string of the molecule is CCOC(=O)[C@@H]1Nc2ccc(OC)cc2[C@H](/C=C/OC)[C@@H]1OC. The highest BCUT2D eigenvalue weighted by Gasteiger charge is 2.40. The van der Waals surface area contributed by atoms with Gasteiger partial charge >= 0.3 is 5.97 Å². The zero-order valence-corrected chi connectivity index (χ0v) is 13.9. The summed E-state index contributed by atoms with van der Waals surface area (Å²) >= 11 is 0. The minimum absolute atomic E-state index is 0.166. The number of rotatable bonds is 6. The van der Waals surface area contributed by atoms with Gasteiger partial charge in [0.2, 0.25) is 0 Å². The molecule has 0 unspecified atom stereocenters. The van der Waals surface area contributed by atoms with E-state index in [0.29, 0.717) is 6.61 Å². The van der Waals surface area contributed by atoms with E-state index in [2.05, 4.69) is 5.32 Å². The van der Waals surface area contributed by atoms with E-state index in [0.717, 1.165) is 17.0 Å². The molecule has 0 aliphatic carbocycles. The van der Waals surface area contributed by atoms with Crippen LogP contribution in [0.3, 0.4) is 0 Å². The van der Waals surface area contributed by atoms with Crippen molar-refractivity contribution in [3.63, 3.8) is 0 Å². The summed E-state index contributed by atoms with van der Waals surface area (Å²) in [6, 6.07) is 5.07. The van der Waals surface area contributed by atoms with Crippen LogP contribution in [0.5, 0.6) is 5.75 Å². The number of anilines is 1. The van der Waals surface area contributed by atoms with Crippen molar-refractivity contribution in [2.75, 3.05) is 33.3 Å². The summed E-state index contributed by atoms with van der Waals surface area (Å²) in [6.07, 6.45) is 3.05. The van der Waals surface area contributed by atoms with Crippen LogP contribution >= 0.6 is 0 Å². The van der Waals surface area contributed by atoms with Crippen molar-refractivity contribution in [3.05, 3.63) is 36.1 Å². The summed E-state index contributed by atoms with van der Waals surface area (Å²) in [5, 5.41) is 3.21. The van der Waals surface area contributed by atoms with Crippen LogP contribution < -0.4 is 10.1 Å². The summed E-state index contributed by atoms with van der Waals surface area (Å²) in [7, 11) is 4.78. The van der Waals surface area contributed by atoms with Gasteiger partial charge in [-0.2, -0.15) is 0 Å². The number of carbonyl (C=O) groups excluding carboxylic acids is 1. The largest absolute Gasteiger partial charge is 0.505 e. The molecule has 1 N–H and O–H groups in total. The highest BCUT2D eigenvalue weighted by Crippen LogP contribution is 2.39. The van der Waals surface area contributed by atoms with Gasteiger partial charge in [0.05, 0.1) is 33.2 Å². The monoisotopic (exact) mass is 321 g/mol. The summed E-state index contributed by atoms with van der Waals surface area (Å²) in [6.45, 7) is 2.10. The quantitative estimate of drug-likeness (QED) is 0.641. The van der Waals surface area contributed by atoms with Crippen molar-refractivity contribution in [3.8, 4) is 5.75 Å². The Balaban J connectivity index is 2.46. The Kier molecular flexibility index (Phi) is 5.87. The first kappa shape index (κ1) is 17.1. The molecule has 0 saturated carbocycles. The zero-order chi connectivity index (χ0) is 16.8. The maximum Gasteiger partial charge on any atom is 0.331 e. The molecule has 1 aliphatic rings. The number of hydrogen-bond donors (Lipinski definition) is 1. The van der Waals surface area contributed by atoms with Gasteiger partial charge in [0.1, 0.15) is 5.75 Å². The molecule has 6 nitrogen and oxygen atoms in total. The fourth-order valence-corrected chi connectivity index (χ4v) is 2.79. The fourth-order valence-electron chi connectivity index (χ4n) is 2.79. The Labute approximate surface area is 136 Å². The van der Waals surface area contributed by atoms with Gasteiger partial charge in [0.25, 0.3) is 0 Å². The van der Waals surface area contributed by atoms with Crippen LogP contribution in [-0.4, -0.2) is 46.1 Å². The lowest BCUT2D eigenvalue weighted by Crippen LogP contribution is -2.48. The molecule has 126 valence electrons. The van der Waals surface area contributed by atoms with Gasteiger partial charge < -0.3 is 24.3 Å². The summed E-state index contributed by atoms with van der Waals surface area (Å²) in [4.78, 5) is 12.3. The highest BCUT2D eigenvalue weighted by atomic mass is 16.5. The maximum atomic E-state index is 12.3. The molecule has 1 aromatic rings. The number of esters is 1. The average Bonchev–Trinajstić information content (AvgIpc) is 2.58. The predicted molar refractivity (Wildman–Crippen MR) is 86.7 cm³/mol. The first-order valence-corrected chi connectivity index (χ1v) is 7.49. The van der Waals surface area contributed by atoms with Crippen LogP contribution in [0.4, 0.5) is 5.69 Å². The van der Waals surface area contributed by atoms with Crippen LogP contribution in [0.2, 0.25) is 0 Å². The van der Waals surface area contributed by atoms with Gasteiger partial charge in [-0.3, -0.25) is 0 Å². The third kappa shape index (κ3) is 3.59. The second kappa shape index (κ2) is 7.87. The second-order valence-electron chi connectivity index (χ2n) is 5.12. The minimum atomic E-state index is -0.590. The fraction of sp³-hybridized carbons (Fsp3) is 0.471. The lowest BCUT2D eigenvalue weighted by atomic mass is 9.84. The van der Waals surface area contributed by atoms with E-state index < -0.39 is 12.1 Å². The number of fused-ring (bicyclic) bond motifs is 1. The maximum absolute atomic E-state index is 12.3. The summed E-state index contributed by atoms with van der Waals surface area (Å²) in [5.74, 6) is 0.239. The van der Waals surface area contributed by atoms with Crippen molar-refractivity contribution in [1.29, 1.82) is 0 Å². The first-order valence-electron chi connectivity index (χ1n) is 7.49. The van der Waals surface area contributed by atoms with Crippen molar-refractivity contribution in [1.82, 2.24) is 0 Å². The Morgan fingerprint density at radius 1 is 1.30 bits per heavy atom. The predicted octanol–water partition coefficient (Wildman–Crippen LogP) is 2.31. The molecule has 0 spiro atoms. The molecular formula is C17H23NO5. The number of carbonyl (C=O) groups is 1. The summed E-state index contributed by atoms with van der Waals surface area (Å²) in [5.41, 5.74) is 1.83. The van der Waals surface area contributed by atoms with Crippen LogP contribution in [0, 0.1) is 0 Å². The van der Waals surface area contributed by atoms with E-state index in [1.54, 1.807) is 34.5 Å². The summed E-state index contributed by atoms with van der Waals surface area (Å²) < 4.78 is 21.1. The van der Waals surface area contributed by atoms with Gasteiger partial charge in [0, 0.05) is 18.7 Å². The van der Waals surface area contributed by atoms with E-state index in [4.69, 9.17) is 18.9 Å². The third-order valence-electron chi connectivity index (χ3n) is 3.85. The Morgan fingerprint density at radius 2 is 2.09 bits per heavy atom. The van der Waals surface area contributed by atoms with E-state index in [1.807, 2.05) is 24.3 Å². The van der Waals surface area contributed by atoms with E-state index in [9.17, 15) is 4.79 Å². The lowest BCUT2D eigenvalue weighted by molar-refractivity contribution is -0.147. The highest BCUT2D eigenvalue weighted by molar-refractivity contribution is 5.82. The van der Waals surface area contributed by atoms with Crippen molar-refractivity contribution >= 4 is 11.7 Å². The minimum Gasteiger partial charge on any atom is -0.505 e. The number of hydrogen-bond acceptors (Lipinski definition) is 6. The molecule has 1 aromatic carbocycles. The van der Waals surface area contributed by atoms with Crippen LogP contribution in [0.25, 0.3) is 0 Å². The number of benzene rings is 1. The molecule has 6 heteroatoms. The Morgan fingerprint density at radius 3 is 2.70 bits per heavy atom. The standard InChI is InChI=1S/C17H23NO5/c1-5-23-17(19)15-16(22-4)12(8-9-20-2)13-10-11(21-3)6-7-14(13)18-15/h6-10,12,15-16,18H,5H2,1-4H3/b9-8+/t12-,15+,16-/m0/s1. The molecule has 0 aromatic heterocycles. The van der Waals surface area contributed by atoms with E-state index in [-0.39, 0.29) is 11.9 Å². The van der Waals surface area contributed by atoms with Gasteiger partial charge in [-0.25, -0.2) is 4.79 Å². The molecule has 23 heavy (non-hydrogen) atoms. The Hall–Kier alpha value is -2.21. The van der Waals surface area contributed by atoms with Gasteiger partial charge in [-0.05, 0) is 36.8 Å². The van der Waals surface area contributed by atoms with Crippen LogP contribution in [0.15, 0.2) is 30.5 Å². The smallest absolute Gasteiger partial charge is 0.331 e. The van der Waals surface area contributed by atoms with Gasteiger partial charge in [0.15, 0.2) is 6.04 Å². The lowest BCUT2D eigenvalue weighted by Gasteiger charge is -2.37. The van der Waals surface area contributed by atoms with E-state index >= 15 is 0 Å². The average molecular weight is 321 g/mol. The topological polar surface area (TPSA) is 66.0 Å². The van der Waals surface area contributed by atoms with Gasteiger partial charge in [-0.1, -0.05) is 0 Å². The number of methoxy groups -OCH3 is 3. The third-order valence-corrected chi connectivity index (χ3v) is 3.85. The van der Waals surface area contributed by atoms with Crippen LogP contribution in [-0.2, 0) is 19.0 Å². The molecule has 2 rings (SSSR count). The first-order chi connectivity index (χ1) is 11.2. The molecular weight excluding hydrogens is 298 g/mol. The molecule has 3 atom stereocenters. The molecule has 0 bridgehead atoms. The molecule has 0 fully saturated rings. The van der Waals surface area contributed by atoms with Crippen molar-refractivity contribution in [2.24, 2.45) is 0 Å². The molecule has 0 amide bonds. The molecule has 1 heterocycles. The van der Waals surface area contributed by atoms with E-state index in [1.165, 1.54) is 0 Å². The molecule has 0 radical (unpaired) electrons. The zero-order valence-electron chi connectivity index (χ0n) is 13.9. The van der Waals surface area contributed by atoms with Crippen LogP contribution in [0.1, 0.15) is 18.4 Å². The second-order valence-corrected chi connectivity index (χ2v) is 5.12. The van der Waals surface area contributed by atoms with Crippen molar-refractivity contribution < 1.29 is 23.7 Å². The van der Waals surface area contributed by atoms with Crippen molar-refractivity contribution in [2.45, 2.75) is 25.0 Å². The Bertz CT molecular complexity index is 572. The van der Waals surface area contributed by atoms with Gasteiger partial charge in [-0.15, -0.1) is 0 Å². The number of ether oxygens (including phenoxy) is 4. The molecule has 1 aliphatic heterocycles. The number of nitrogens with one attached hydrogen (secondary N) is 1. The molecule has 0 saturated heterocycles.